The quantitative estimate of drug-likeness (QED) is 0.746. The summed E-state index contributed by atoms with van der Waals surface area (Å²) in [5.41, 5.74) is 0.345. The number of amides is 1. The van der Waals surface area contributed by atoms with Crippen molar-refractivity contribution in [2.75, 3.05) is 6.54 Å². The summed E-state index contributed by atoms with van der Waals surface area (Å²) >= 11 is 6.78. The van der Waals surface area contributed by atoms with Gasteiger partial charge in [-0.25, -0.2) is 0 Å². The number of hydrogen-bond acceptors (Lipinski definition) is 4. The number of carbonyl (C=O) groups is 1. The van der Waals surface area contributed by atoms with Gasteiger partial charge in [0.2, 0.25) is 0 Å². The molecule has 0 aliphatic rings. The molecule has 1 unspecified atom stereocenters. The first kappa shape index (κ1) is 9.41. The molecule has 0 fully saturated rings. The Morgan fingerprint density at radius 3 is 3.17 bits per heavy atom. The molecule has 0 aromatic carbocycles. The number of carbonyl (C=O) groups excluding carboxylic acids is 1. The maximum atomic E-state index is 11.1. The van der Waals surface area contributed by atoms with Crippen LogP contribution in [0.5, 0.6) is 0 Å². The van der Waals surface area contributed by atoms with Crippen molar-refractivity contribution in [2.45, 2.75) is 12.3 Å². The van der Waals surface area contributed by atoms with E-state index in [1.807, 2.05) is 0 Å². The molecule has 0 radical (unpaired) electrons. The summed E-state index contributed by atoms with van der Waals surface area (Å²) in [5, 5.41) is 7.75. The van der Waals surface area contributed by atoms with Gasteiger partial charge in [0.05, 0.1) is 0 Å². The Hall–Kier alpha value is -0.680. The van der Waals surface area contributed by atoms with Crippen LogP contribution < -0.4 is 5.32 Å². The molecular weight excluding hydrogens is 198 g/mol. The van der Waals surface area contributed by atoms with Crippen LogP contribution in [-0.4, -0.2) is 27.4 Å². The van der Waals surface area contributed by atoms with Gasteiger partial charge in [0.1, 0.15) is 0 Å². The molecule has 0 saturated carbocycles. The highest BCUT2D eigenvalue weighted by molar-refractivity contribution is 7.03. The van der Waals surface area contributed by atoms with E-state index < -0.39 is 0 Å². The zero-order chi connectivity index (χ0) is 8.97. The molecule has 0 saturated heterocycles. The molecule has 1 aromatic rings. The van der Waals surface area contributed by atoms with E-state index in [0.717, 1.165) is 11.5 Å². The fourth-order valence-electron chi connectivity index (χ4n) is 0.587. The standard InChI is InChI=1S/C6H8ClN3OS/c1-4(7)2-8-6(11)5-3-12-10-9-5/h3-4H,2H2,1H3,(H,8,11). The van der Waals surface area contributed by atoms with Gasteiger partial charge in [-0.1, -0.05) is 4.49 Å². The monoisotopic (exact) mass is 205 g/mol. The lowest BCUT2D eigenvalue weighted by atomic mass is 10.4. The van der Waals surface area contributed by atoms with Gasteiger partial charge < -0.3 is 5.32 Å². The van der Waals surface area contributed by atoms with Crippen molar-refractivity contribution in [2.24, 2.45) is 0 Å². The van der Waals surface area contributed by atoms with E-state index in [2.05, 4.69) is 14.9 Å². The highest BCUT2D eigenvalue weighted by Crippen LogP contribution is 1.97. The molecule has 1 aromatic heterocycles. The number of nitrogens with one attached hydrogen (secondary N) is 1. The van der Waals surface area contributed by atoms with Crippen molar-refractivity contribution in [1.82, 2.24) is 14.9 Å². The molecule has 0 bridgehead atoms. The van der Waals surface area contributed by atoms with Crippen molar-refractivity contribution in [3.63, 3.8) is 0 Å². The second-order valence-electron chi connectivity index (χ2n) is 2.28. The zero-order valence-electron chi connectivity index (χ0n) is 6.45. The van der Waals surface area contributed by atoms with Gasteiger partial charge in [-0.15, -0.1) is 16.7 Å². The summed E-state index contributed by atoms with van der Waals surface area (Å²) in [6, 6.07) is 0. The lowest BCUT2D eigenvalue weighted by Crippen LogP contribution is -2.28. The molecular formula is C6H8ClN3OS. The molecule has 1 N–H and O–H groups in total. The van der Waals surface area contributed by atoms with Crippen LogP contribution in [0, 0.1) is 0 Å². The number of alkyl halides is 1. The van der Waals surface area contributed by atoms with Gasteiger partial charge in [0, 0.05) is 17.3 Å². The minimum absolute atomic E-state index is 0.0689. The van der Waals surface area contributed by atoms with E-state index in [4.69, 9.17) is 11.6 Å². The maximum Gasteiger partial charge on any atom is 0.272 e. The maximum absolute atomic E-state index is 11.1. The number of rotatable bonds is 3. The van der Waals surface area contributed by atoms with Gasteiger partial charge in [0.15, 0.2) is 5.69 Å². The minimum atomic E-state index is -0.226. The lowest BCUT2D eigenvalue weighted by molar-refractivity contribution is 0.0949. The average molecular weight is 206 g/mol. The molecule has 1 amide bonds. The summed E-state index contributed by atoms with van der Waals surface area (Å²) in [4.78, 5) is 11.1. The smallest absolute Gasteiger partial charge is 0.272 e. The van der Waals surface area contributed by atoms with Crippen molar-refractivity contribution < 1.29 is 4.79 Å². The normalized spacial score (nSPS) is 12.5. The third-order valence-corrected chi connectivity index (χ3v) is 1.80. The molecule has 4 nitrogen and oxygen atoms in total. The molecule has 66 valence electrons. The highest BCUT2D eigenvalue weighted by atomic mass is 35.5. The van der Waals surface area contributed by atoms with Crippen LogP contribution in [0.4, 0.5) is 0 Å². The van der Waals surface area contributed by atoms with Crippen LogP contribution in [-0.2, 0) is 0 Å². The Balaban J connectivity index is 2.40. The van der Waals surface area contributed by atoms with Crippen molar-refractivity contribution in [1.29, 1.82) is 0 Å². The Morgan fingerprint density at radius 2 is 2.67 bits per heavy atom. The van der Waals surface area contributed by atoms with E-state index in [9.17, 15) is 4.79 Å². The first-order valence-electron chi connectivity index (χ1n) is 3.39. The van der Waals surface area contributed by atoms with E-state index in [1.165, 1.54) is 0 Å². The molecule has 12 heavy (non-hydrogen) atoms. The summed E-state index contributed by atoms with van der Waals surface area (Å²) in [5.74, 6) is -0.226. The van der Waals surface area contributed by atoms with Crippen LogP contribution in [0.2, 0.25) is 0 Å². The molecule has 1 heterocycles. The molecule has 1 atom stereocenters. The Kier molecular flexibility index (Phi) is 3.43. The van der Waals surface area contributed by atoms with Crippen LogP contribution in [0.3, 0.4) is 0 Å². The van der Waals surface area contributed by atoms with Gasteiger partial charge >= 0.3 is 0 Å². The third-order valence-electron chi connectivity index (χ3n) is 1.14. The van der Waals surface area contributed by atoms with E-state index in [1.54, 1.807) is 12.3 Å². The third kappa shape index (κ3) is 2.75. The Morgan fingerprint density at radius 1 is 1.92 bits per heavy atom. The molecule has 6 heteroatoms. The predicted octanol–water partition coefficient (Wildman–Crippen LogP) is 0.895. The zero-order valence-corrected chi connectivity index (χ0v) is 8.02. The average Bonchev–Trinajstić information content (AvgIpc) is 2.51. The summed E-state index contributed by atoms with van der Waals surface area (Å²) in [7, 11) is 0. The summed E-state index contributed by atoms with van der Waals surface area (Å²) in [6.07, 6.45) is 0. The Labute approximate surface area is 79.1 Å². The SMILES string of the molecule is CC(Cl)CNC(=O)c1csnn1. The number of hydrogen-bond donors (Lipinski definition) is 1. The van der Waals surface area contributed by atoms with Crippen molar-refractivity contribution >= 4 is 29.0 Å². The van der Waals surface area contributed by atoms with Gasteiger partial charge in [-0.05, 0) is 18.5 Å². The first-order valence-corrected chi connectivity index (χ1v) is 4.67. The van der Waals surface area contributed by atoms with E-state index in [0.29, 0.717) is 12.2 Å². The summed E-state index contributed by atoms with van der Waals surface area (Å²) < 4.78 is 3.57. The number of aromatic nitrogens is 2. The minimum Gasteiger partial charge on any atom is -0.349 e. The molecule has 0 spiro atoms. The van der Waals surface area contributed by atoms with E-state index in [-0.39, 0.29) is 11.3 Å². The first-order chi connectivity index (χ1) is 5.70. The Bertz CT molecular complexity index is 249. The topological polar surface area (TPSA) is 54.9 Å². The molecule has 0 aliphatic carbocycles. The number of halogens is 1. The predicted molar refractivity (Wildman–Crippen MR) is 47.6 cm³/mol. The highest BCUT2D eigenvalue weighted by Gasteiger charge is 2.08. The molecule has 1 rings (SSSR count). The van der Waals surface area contributed by atoms with Crippen LogP contribution in [0.1, 0.15) is 17.4 Å². The van der Waals surface area contributed by atoms with Crippen LogP contribution in [0.15, 0.2) is 5.38 Å². The lowest BCUT2D eigenvalue weighted by Gasteiger charge is -2.02. The summed E-state index contributed by atoms with van der Waals surface area (Å²) in [6.45, 7) is 2.25. The van der Waals surface area contributed by atoms with Crippen molar-refractivity contribution in [3.8, 4) is 0 Å². The van der Waals surface area contributed by atoms with Gasteiger partial charge in [-0.3, -0.25) is 4.79 Å². The number of nitrogens with zero attached hydrogens (tertiary/aromatic N) is 2. The van der Waals surface area contributed by atoms with E-state index >= 15 is 0 Å². The fourth-order valence-corrected chi connectivity index (χ4v) is 1.10. The largest absolute Gasteiger partial charge is 0.349 e. The second kappa shape index (κ2) is 4.37. The second-order valence-corrected chi connectivity index (χ2v) is 3.64. The molecule has 0 aliphatic heterocycles. The fraction of sp³-hybridized carbons (Fsp3) is 0.500. The van der Waals surface area contributed by atoms with Crippen molar-refractivity contribution in [3.05, 3.63) is 11.1 Å². The van der Waals surface area contributed by atoms with Crippen LogP contribution in [0.25, 0.3) is 0 Å². The van der Waals surface area contributed by atoms with Gasteiger partial charge in [-0.2, -0.15) is 0 Å². The van der Waals surface area contributed by atoms with Gasteiger partial charge in [0.25, 0.3) is 5.91 Å². The van der Waals surface area contributed by atoms with Crippen LogP contribution >= 0.6 is 23.1 Å².